The number of hydrogen-bond acceptors (Lipinski definition) is 7. The molecule has 0 unspecified atom stereocenters. The SMILES string of the molecule is COc1ccc(NC(=O)Cn2nnc(-c3ccc(OCC(C)C)cc3)n2)c(OC)c1. The van der Waals surface area contributed by atoms with Crippen molar-refractivity contribution in [3.63, 3.8) is 0 Å². The van der Waals surface area contributed by atoms with Crippen LogP contribution in [-0.2, 0) is 11.3 Å². The number of aromatic nitrogens is 4. The van der Waals surface area contributed by atoms with Crippen LogP contribution in [0.1, 0.15) is 13.8 Å². The highest BCUT2D eigenvalue weighted by Crippen LogP contribution is 2.29. The molecule has 0 saturated heterocycles. The van der Waals surface area contributed by atoms with Gasteiger partial charge in [-0.25, -0.2) is 0 Å². The molecule has 0 saturated carbocycles. The van der Waals surface area contributed by atoms with Gasteiger partial charge < -0.3 is 19.5 Å². The molecule has 30 heavy (non-hydrogen) atoms. The molecule has 0 radical (unpaired) electrons. The number of carbonyl (C=O) groups excluding carboxylic acids is 1. The van der Waals surface area contributed by atoms with E-state index in [-0.39, 0.29) is 12.5 Å². The van der Waals surface area contributed by atoms with Gasteiger partial charge in [-0.1, -0.05) is 13.8 Å². The Morgan fingerprint density at radius 3 is 2.47 bits per heavy atom. The Morgan fingerprint density at radius 2 is 1.80 bits per heavy atom. The second-order valence-electron chi connectivity index (χ2n) is 6.99. The van der Waals surface area contributed by atoms with E-state index in [1.165, 1.54) is 11.9 Å². The lowest BCUT2D eigenvalue weighted by Gasteiger charge is -2.11. The van der Waals surface area contributed by atoms with Gasteiger partial charge in [-0.15, -0.1) is 10.2 Å². The standard InChI is InChI=1S/C21H25N5O4/c1-14(2)13-30-16-7-5-15(6-8-16)21-23-25-26(24-21)12-20(27)22-18-10-9-17(28-3)11-19(18)29-4/h5-11,14H,12-13H2,1-4H3,(H,22,27). The van der Waals surface area contributed by atoms with Crippen molar-refractivity contribution in [2.75, 3.05) is 26.1 Å². The summed E-state index contributed by atoms with van der Waals surface area (Å²) in [6.07, 6.45) is 0. The van der Waals surface area contributed by atoms with E-state index < -0.39 is 0 Å². The molecule has 0 bridgehead atoms. The molecule has 3 aromatic rings. The maximum Gasteiger partial charge on any atom is 0.248 e. The largest absolute Gasteiger partial charge is 0.497 e. The molecule has 0 aliphatic heterocycles. The number of carbonyl (C=O) groups is 1. The van der Waals surface area contributed by atoms with Crippen LogP contribution in [0.4, 0.5) is 5.69 Å². The van der Waals surface area contributed by atoms with Crippen LogP contribution in [-0.4, -0.2) is 46.9 Å². The molecule has 0 atom stereocenters. The summed E-state index contributed by atoms with van der Waals surface area (Å²) in [5.74, 6) is 2.49. The molecule has 1 heterocycles. The first-order chi connectivity index (χ1) is 14.5. The molecule has 2 aromatic carbocycles. The number of anilines is 1. The molecule has 1 amide bonds. The summed E-state index contributed by atoms with van der Waals surface area (Å²) in [4.78, 5) is 13.6. The molecule has 0 fully saturated rings. The summed E-state index contributed by atoms with van der Waals surface area (Å²) in [5, 5.41) is 15.0. The molecule has 9 heteroatoms. The van der Waals surface area contributed by atoms with Crippen LogP contribution in [0.15, 0.2) is 42.5 Å². The van der Waals surface area contributed by atoms with E-state index in [0.717, 1.165) is 11.3 Å². The van der Waals surface area contributed by atoms with Gasteiger partial charge in [0.05, 0.1) is 26.5 Å². The third-order valence-electron chi connectivity index (χ3n) is 4.12. The zero-order valence-electron chi connectivity index (χ0n) is 17.5. The number of benzene rings is 2. The minimum absolute atomic E-state index is 0.0855. The lowest BCUT2D eigenvalue weighted by Crippen LogP contribution is -2.20. The Morgan fingerprint density at radius 1 is 1.07 bits per heavy atom. The first-order valence-corrected chi connectivity index (χ1v) is 9.51. The van der Waals surface area contributed by atoms with Crippen LogP contribution in [0.5, 0.6) is 17.2 Å². The zero-order valence-corrected chi connectivity index (χ0v) is 17.5. The average molecular weight is 411 g/mol. The van der Waals surface area contributed by atoms with E-state index in [0.29, 0.717) is 35.5 Å². The summed E-state index contributed by atoms with van der Waals surface area (Å²) < 4.78 is 16.1. The molecule has 1 aromatic heterocycles. The lowest BCUT2D eigenvalue weighted by molar-refractivity contribution is -0.117. The van der Waals surface area contributed by atoms with Crippen molar-refractivity contribution in [2.45, 2.75) is 20.4 Å². The highest BCUT2D eigenvalue weighted by Gasteiger charge is 2.12. The number of nitrogens with one attached hydrogen (secondary N) is 1. The number of nitrogens with zero attached hydrogens (tertiary/aromatic N) is 4. The van der Waals surface area contributed by atoms with Gasteiger partial charge in [0.1, 0.15) is 23.8 Å². The van der Waals surface area contributed by atoms with Gasteiger partial charge in [-0.2, -0.15) is 4.80 Å². The van der Waals surface area contributed by atoms with Gasteiger partial charge in [-0.3, -0.25) is 4.79 Å². The zero-order chi connectivity index (χ0) is 21.5. The fraction of sp³-hybridized carbons (Fsp3) is 0.333. The first kappa shape index (κ1) is 21.1. The fourth-order valence-corrected chi connectivity index (χ4v) is 2.61. The number of amides is 1. The monoisotopic (exact) mass is 411 g/mol. The van der Waals surface area contributed by atoms with Crippen molar-refractivity contribution < 1.29 is 19.0 Å². The maximum atomic E-state index is 12.4. The van der Waals surface area contributed by atoms with E-state index in [9.17, 15) is 4.79 Å². The molecule has 0 aliphatic rings. The van der Waals surface area contributed by atoms with Gasteiger partial charge >= 0.3 is 0 Å². The van der Waals surface area contributed by atoms with Gasteiger partial charge in [0.25, 0.3) is 0 Å². The molecular formula is C21H25N5O4. The van der Waals surface area contributed by atoms with Crippen LogP contribution >= 0.6 is 0 Å². The van der Waals surface area contributed by atoms with E-state index in [1.807, 2.05) is 24.3 Å². The van der Waals surface area contributed by atoms with Gasteiger partial charge in [-0.05, 0) is 47.5 Å². The first-order valence-electron chi connectivity index (χ1n) is 9.51. The van der Waals surface area contributed by atoms with Crippen LogP contribution in [0.3, 0.4) is 0 Å². The quantitative estimate of drug-likeness (QED) is 0.578. The van der Waals surface area contributed by atoms with Crippen LogP contribution in [0.2, 0.25) is 0 Å². The third kappa shape index (κ3) is 5.47. The number of hydrogen-bond donors (Lipinski definition) is 1. The molecule has 3 rings (SSSR count). The van der Waals surface area contributed by atoms with Crippen molar-refractivity contribution in [3.8, 4) is 28.6 Å². The number of tetrazole rings is 1. The molecule has 1 N–H and O–H groups in total. The van der Waals surface area contributed by atoms with Crippen molar-refractivity contribution in [3.05, 3.63) is 42.5 Å². The fourth-order valence-electron chi connectivity index (χ4n) is 2.61. The van der Waals surface area contributed by atoms with Gasteiger partial charge in [0.2, 0.25) is 11.7 Å². The summed E-state index contributed by atoms with van der Waals surface area (Å²) >= 11 is 0. The maximum absolute atomic E-state index is 12.4. The van der Waals surface area contributed by atoms with Crippen LogP contribution in [0.25, 0.3) is 11.4 Å². The smallest absolute Gasteiger partial charge is 0.248 e. The Hall–Kier alpha value is -3.62. The second kappa shape index (κ2) is 9.73. The Labute approximate surface area is 175 Å². The number of methoxy groups -OCH3 is 2. The molecule has 0 aliphatic carbocycles. The molecule has 0 spiro atoms. The van der Waals surface area contributed by atoms with E-state index in [2.05, 4.69) is 34.6 Å². The Balaban J connectivity index is 1.62. The van der Waals surface area contributed by atoms with Gasteiger partial charge in [0, 0.05) is 11.6 Å². The van der Waals surface area contributed by atoms with Crippen LogP contribution in [0, 0.1) is 5.92 Å². The van der Waals surface area contributed by atoms with E-state index in [1.54, 1.807) is 25.3 Å². The normalized spacial score (nSPS) is 10.7. The van der Waals surface area contributed by atoms with E-state index >= 15 is 0 Å². The summed E-state index contributed by atoms with van der Waals surface area (Å²) in [6, 6.07) is 12.6. The summed E-state index contributed by atoms with van der Waals surface area (Å²) in [5.41, 5.74) is 1.32. The van der Waals surface area contributed by atoms with E-state index in [4.69, 9.17) is 14.2 Å². The minimum Gasteiger partial charge on any atom is -0.497 e. The van der Waals surface area contributed by atoms with Gasteiger partial charge in [0.15, 0.2) is 0 Å². The predicted molar refractivity (Wildman–Crippen MR) is 112 cm³/mol. The Kier molecular flexibility index (Phi) is 6.84. The lowest BCUT2D eigenvalue weighted by atomic mass is 10.2. The predicted octanol–water partition coefficient (Wildman–Crippen LogP) is 3.03. The van der Waals surface area contributed by atoms with Crippen molar-refractivity contribution in [1.82, 2.24) is 20.2 Å². The topological polar surface area (TPSA) is 100 Å². The molecule has 158 valence electrons. The summed E-state index contributed by atoms with van der Waals surface area (Å²) in [6.45, 7) is 4.76. The third-order valence-corrected chi connectivity index (χ3v) is 4.12. The molecule has 9 nitrogen and oxygen atoms in total. The highest BCUT2D eigenvalue weighted by molar-refractivity contribution is 5.92. The number of rotatable bonds is 9. The second-order valence-corrected chi connectivity index (χ2v) is 6.99. The minimum atomic E-state index is -0.306. The average Bonchev–Trinajstić information content (AvgIpc) is 3.21. The molecular weight excluding hydrogens is 386 g/mol. The van der Waals surface area contributed by atoms with Crippen molar-refractivity contribution in [1.29, 1.82) is 0 Å². The van der Waals surface area contributed by atoms with Crippen LogP contribution < -0.4 is 19.5 Å². The van der Waals surface area contributed by atoms with Crippen molar-refractivity contribution >= 4 is 11.6 Å². The van der Waals surface area contributed by atoms with Crippen molar-refractivity contribution in [2.24, 2.45) is 5.92 Å². The highest BCUT2D eigenvalue weighted by atomic mass is 16.5. The number of ether oxygens (including phenoxy) is 3. The summed E-state index contributed by atoms with van der Waals surface area (Å²) in [7, 11) is 3.09. The Bertz CT molecular complexity index is 985.